The monoisotopic (exact) mass is 338 g/mol. The molecule has 0 spiro atoms. The zero-order valence-corrected chi connectivity index (χ0v) is 14.4. The molecule has 3 rings (SSSR count). The van der Waals surface area contributed by atoms with Crippen molar-refractivity contribution in [3.63, 3.8) is 0 Å². The van der Waals surface area contributed by atoms with Crippen LogP contribution in [-0.4, -0.2) is 26.8 Å². The molecule has 2 aromatic carbocycles. The average Bonchev–Trinajstić information content (AvgIpc) is 3.05. The van der Waals surface area contributed by atoms with Gasteiger partial charge in [0.25, 0.3) is 0 Å². The summed E-state index contributed by atoms with van der Waals surface area (Å²) in [5.41, 5.74) is 4.04. The number of aryl methyl sites for hydroxylation is 2. The van der Waals surface area contributed by atoms with Crippen molar-refractivity contribution in [1.29, 1.82) is 0 Å². The molecule has 3 aromatic rings. The number of hydrogen-bond acceptors (Lipinski definition) is 4. The predicted octanol–water partition coefficient (Wildman–Crippen LogP) is 3.82. The molecule has 5 nitrogen and oxygen atoms in total. The Morgan fingerprint density at radius 1 is 1.12 bits per heavy atom. The van der Waals surface area contributed by atoms with E-state index in [0.717, 1.165) is 16.8 Å². The van der Waals surface area contributed by atoms with Gasteiger partial charge >= 0.3 is 0 Å². The second-order valence-electron chi connectivity index (χ2n) is 5.48. The van der Waals surface area contributed by atoms with Gasteiger partial charge in [-0.3, -0.25) is 9.89 Å². The summed E-state index contributed by atoms with van der Waals surface area (Å²) in [7, 11) is 0. The minimum absolute atomic E-state index is 0.0732. The van der Waals surface area contributed by atoms with Crippen LogP contribution in [0.4, 0.5) is 5.69 Å². The zero-order valence-electron chi connectivity index (χ0n) is 13.5. The number of aromatic nitrogens is 3. The molecule has 1 aromatic heterocycles. The molecule has 6 heteroatoms. The lowest BCUT2D eigenvalue weighted by Crippen LogP contribution is -2.14. The van der Waals surface area contributed by atoms with Crippen LogP contribution in [0.3, 0.4) is 0 Å². The molecule has 24 heavy (non-hydrogen) atoms. The predicted molar refractivity (Wildman–Crippen MR) is 97.1 cm³/mol. The number of thioether (sulfide) groups is 1. The summed E-state index contributed by atoms with van der Waals surface area (Å²) in [6, 6.07) is 15.7. The van der Waals surface area contributed by atoms with Crippen molar-refractivity contribution in [2.45, 2.75) is 19.0 Å². The summed E-state index contributed by atoms with van der Waals surface area (Å²) in [5, 5.41) is 10.5. The zero-order chi connectivity index (χ0) is 16.9. The number of nitrogens with zero attached hydrogens (tertiary/aromatic N) is 2. The summed E-state index contributed by atoms with van der Waals surface area (Å²) in [4.78, 5) is 16.5. The van der Waals surface area contributed by atoms with E-state index in [-0.39, 0.29) is 11.7 Å². The van der Waals surface area contributed by atoms with Crippen LogP contribution >= 0.6 is 11.8 Å². The van der Waals surface area contributed by atoms with Gasteiger partial charge in [0.2, 0.25) is 11.1 Å². The highest BCUT2D eigenvalue weighted by Crippen LogP contribution is 2.20. The van der Waals surface area contributed by atoms with Gasteiger partial charge in [0.1, 0.15) is 0 Å². The van der Waals surface area contributed by atoms with Crippen molar-refractivity contribution in [3.8, 4) is 11.4 Å². The highest BCUT2D eigenvalue weighted by Gasteiger charge is 2.10. The number of carbonyl (C=O) groups is 1. The molecule has 122 valence electrons. The Kier molecular flexibility index (Phi) is 4.96. The third kappa shape index (κ3) is 4.02. The fourth-order valence-electron chi connectivity index (χ4n) is 2.18. The van der Waals surface area contributed by atoms with Crippen LogP contribution in [0.5, 0.6) is 0 Å². The fourth-order valence-corrected chi connectivity index (χ4v) is 2.78. The molecule has 1 heterocycles. The highest BCUT2D eigenvalue weighted by molar-refractivity contribution is 7.99. The van der Waals surface area contributed by atoms with Gasteiger partial charge in [0.15, 0.2) is 5.82 Å². The molecule has 0 aliphatic heterocycles. The van der Waals surface area contributed by atoms with E-state index in [0.29, 0.717) is 11.0 Å². The van der Waals surface area contributed by atoms with Gasteiger partial charge in [-0.25, -0.2) is 4.98 Å². The first-order valence-electron chi connectivity index (χ1n) is 7.59. The van der Waals surface area contributed by atoms with Crippen molar-refractivity contribution < 1.29 is 4.79 Å². The maximum Gasteiger partial charge on any atom is 0.234 e. The number of carbonyl (C=O) groups excluding carboxylic acids is 1. The highest BCUT2D eigenvalue weighted by atomic mass is 32.2. The smallest absolute Gasteiger partial charge is 0.234 e. The minimum Gasteiger partial charge on any atom is -0.325 e. The summed E-state index contributed by atoms with van der Waals surface area (Å²) in [6.07, 6.45) is 0. The molecule has 0 atom stereocenters. The minimum atomic E-state index is -0.0732. The van der Waals surface area contributed by atoms with Crippen LogP contribution in [0.1, 0.15) is 11.1 Å². The molecule has 1 amide bonds. The van der Waals surface area contributed by atoms with Gasteiger partial charge in [0.05, 0.1) is 5.75 Å². The van der Waals surface area contributed by atoms with Gasteiger partial charge in [-0.05, 0) is 25.5 Å². The summed E-state index contributed by atoms with van der Waals surface area (Å²) in [5.74, 6) is 0.896. The van der Waals surface area contributed by atoms with Gasteiger partial charge in [-0.2, -0.15) is 0 Å². The number of aromatic amines is 1. The molecular formula is C18H18N4OS. The lowest BCUT2D eigenvalue weighted by atomic mass is 10.1. The summed E-state index contributed by atoms with van der Waals surface area (Å²) < 4.78 is 0. The van der Waals surface area contributed by atoms with Gasteiger partial charge in [-0.1, -0.05) is 59.8 Å². The van der Waals surface area contributed by atoms with Crippen LogP contribution in [0, 0.1) is 13.8 Å². The molecule has 0 aliphatic carbocycles. The molecule has 0 unspecified atom stereocenters. The molecule has 2 N–H and O–H groups in total. The van der Waals surface area contributed by atoms with Crippen LogP contribution in [0.2, 0.25) is 0 Å². The first-order valence-corrected chi connectivity index (χ1v) is 8.58. The second-order valence-corrected chi connectivity index (χ2v) is 6.43. The molecule has 0 fully saturated rings. The Morgan fingerprint density at radius 2 is 1.88 bits per heavy atom. The van der Waals surface area contributed by atoms with Gasteiger partial charge in [0, 0.05) is 11.3 Å². The van der Waals surface area contributed by atoms with Crippen molar-refractivity contribution in [2.75, 3.05) is 11.1 Å². The van der Waals surface area contributed by atoms with Crippen molar-refractivity contribution in [2.24, 2.45) is 0 Å². The third-order valence-corrected chi connectivity index (χ3v) is 4.39. The van der Waals surface area contributed by atoms with E-state index in [2.05, 4.69) is 20.5 Å². The topological polar surface area (TPSA) is 70.7 Å². The van der Waals surface area contributed by atoms with E-state index < -0.39 is 0 Å². The van der Waals surface area contributed by atoms with E-state index in [9.17, 15) is 4.79 Å². The van der Waals surface area contributed by atoms with E-state index in [1.165, 1.54) is 17.3 Å². The normalized spacial score (nSPS) is 10.6. The van der Waals surface area contributed by atoms with Gasteiger partial charge in [-0.15, -0.1) is 5.10 Å². The maximum absolute atomic E-state index is 12.1. The SMILES string of the molecule is Cc1ccc(-c2nc(SCC(=O)Nc3ccccc3C)n[nH]2)cc1. The number of amides is 1. The summed E-state index contributed by atoms with van der Waals surface area (Å²) >= 11 is 1.31. The Bertz CT molecular complexity index is 842. The molecule has 0 bridgehead atoms. The van der Waals surface area contributed by atoms with Gasteiger partial charge < -0.3 is 5.32 Å². The fraction of sp³-hybridized carbons (Fsp3) is 0.167. The molecular weight excluding hydrogens is 320 g/mol. The third-order valence-electron chi connectivity index (χ3n) is 3.54. The lowest BCUT2D eigenvalue weighted by molar-refractivity contribution is -0.113. The number of rotatable bonds is 5. The van der Waals surface area contributed by atoms with E-state index in [1.807, 2.05) is 62.4 Å². The lowest BCUT2D eigenvalue weighted by Gasteiger charge is -2.06. The van der Waals surface area contributed by atoms with Crippen LogP contribution in [-0.2, 0) is 4.79 Å². The van der Waals surface area contributed by atoms with Crippen LogP contribution in [0.15, 0.2) is 53.7 Å². The number of para-hydroxylation sites is 1. The molecule has 0 radical (unpaired) electrons. The Labute approximate surface area is 144 Å². The quantitative estimate of drug-likeness (QED) is 0.694. The molecule has 0 saturated heterocycles. The van der Waals surface area contributed by atoms with E-state index in [1.54, 1.807) is 0 Å². The van der Waals surface area contributed by atoms with E-state index >= 15 is 0 Å². The van der Waals surface area contributed by atoms with Crippen molar-refractivity contribution >= 4 is 23.4 Å². The average molecular weight is 338 g/mol. The first-order chi connectivity index (χ1) is 11.6. The largest absolute Gasteiger partial charge is 0.325 e. The Balaban J connectivity index is 1.58. The molecule has 0 saturated carbocycles. The summed E-state index contributed by atoms with van der Waals surface area (Å²) in [6.45, 7) is 4.00. The van der Waals surface area contributed by atoms with Crippen LogP contribution < -0.4 is 5.32 Å². The van der Waals surface area contributed by atoms with E-state index in [4.69, 9.17) is 0 Å². The standard InChI is InChI=1S/C18H18N4OS/c1-12-7-9-14(10-8-12)17-20-18(22-21-17)24-11-16(23)19-15-6-4-3-5-13(15)2/h3-10H,11H2,1-2H3,(H,19,23)(H,20,21,22). The van der Waals surface area contributed by atoms with Crippen molar-refractivity contribution in [3.05, 3.63) is 59.7 Å². The molecule has 0 aliphatic rings. The van der Waals surface area contributed by atoms with Crippen LogP contribution in [0.25, 0.3) is 11.4 Å². The number of anilines is 1. The second kappa shape index (κ2) is 7.31. The Morgan fingerprint density at radius 3 is 2.62 bits per heavy atom. The Hall–Kier alpha value is -2.60. The number of hydrogen-bond donors (Lipinski definition) is 2. The number of H-pyrrole nitrogens is 1. The first kappa shape index (κ1) is 16.3. The van der Waals surface area contributed by atoms with Crippen molar-refractivity contribution in [1.82, 2.24) is 15.2 Å². The number of benzene rings is 2. The number of nitrogens with one attached hydrogen (secondary N) is 2. The maximum atomic E-state index is 12.1.